The number of carbonyl (C=O) groups is 2. The number of rotatable bonds is 6. The van der Waals surface area contributed by atoms with Crippen LogP contribution in [0.1, 0.15) is 57.4 Å². The van der Waals surface area contributed by atoms with E-state index in [0.29, 0.717) is 6.54 Å². The van der Waals surface area contributed by atoms with E-state index >= 15 is 0 Å². The second kappa shape index (κ2) is 11.7. The number of piperidine rings is 1. The Morgan fingerprint density at radius 1 is 1.10 bits per heavy atom. The lowest BCUT2D eigenvalue weighted by Gasteiger charge is -2.33. The van der Waals surface area contributed by atoms with Gasteiger partial charge in [-0.3, -0.25) is 9.59 Å². The van der Waals surface area contributed by atoms with Gasteiger partial charge in [0, 0.05) is 31.2 Å². The first kappa shape index (κ1) is 23.1. The number of benzene rings is 1. The average Bonchev–Trinajstić information content (AvgIpc) is 2.82. The monoisotopic (exact) mass is 428 g/mol. The summed E-state index contributed by atoms with van der Waals surface area (Å²) in [5.74, 6) is 1.01. The van der Waals surface area contributed by atoms with Gasteiger partial charge in [-0.25, -0.2) is 4.99 Å². The number of guanidine groups is 1. The first-order valence-corrected chi connectivity index (χ1v) is 11.6. The van der Waals surface area contributed by atoms with Crippen LogP contribution in [-0.4, -0.2) is 49.5 Å². The number of amides is 1. The number of methoxy groups -OCH3 is 1. The van der Waals surface area contributed by atoms with E-state index in [0.717, 1.165) is 75.4 Å². The number of nitrogens with zero attached hydrogens (tertiary/aromatic N) is 2. The van der Waals surface area contributed by atoms with Crippen LogP contribution < -0.4 is 10.6 Å². The summed E-state index contributed by atoms with van der Waals surface area (Å²) in [6, 6.07) is 7.96. The minimum atomic E-state index is -0.117. The van der Waals surface area contributed by atoms with Crippen molar-refractivity contribution in [1.82, 2.24) is 10.2 Å². The van der Waals surface area contributed by atoms with Crippen molar-refractivity contribution in [1.29, 1.82) is 0 Å². The highest BCUT2D eigenvalue weighted by atomic mass is 16.5. The Bertz CT molecular complexity index is 766. The largest absolute Gasteiger partial charge is 0.469 e. The second-order valence-corrected chi connectivity index (χ2v) is 8.48. The fourth-order valence-electron chi connectivity index (χ4n) is 4.44. The van der Waals surface area contributed by atoms with Crippen LogP contribution in [-0.2, 0) is 20.9 Å². The molecule has 1 saturated carbocycles. The molecular formula is C24H36N4O3. The molecule has 2 N–H and O–H groups in total. The van der Waals surface area contributed by atoms with Crippen molar-refractivity contribution in [3.63, 3.8) is 0 Å². The molecule has 0 radical (unpaired) electrons. The number of ether oxygens (including phenoxy) is 1. The van der Waals surface area contributed by atoms with Gasteiger partial charge in [0.05, 0.1) is 19.6 Å². The lowest BCUT2D eigenvalue weighted by molar-refractivity contribution is -0.146. The molecule has 1 amide bonds. The Kier molecular flexibility index (Phi) is 8.74. The van der Waals surface area contributed by atoms with E-state index in [2.05, 4.69) is 22.5 Å². The molecule has 1 aliphatic carbocycles. The van der Waals surface area contributed by atoms with Crippen molar-refractivity contribution in [3.05, 3.63) is 29.8 Å². The zero-order valence-electron chi connectivity index (χ0n) is 18.9. The van der Waals surface area contributed by atoms with E-state index < -0.39 is 0 Å². The van der Waals surface area contributed by atoms with Crippen LogP contribution in [0.15, 0.2) is 29.3 Å². The molecule has 7 heteroatoms. The van der Waals surface area contributed by atoms with E-state index in [1.165, 1.54) is 13.5 Å². The van der Waals surface area contributed by atoms with Gasteiger partial charge in [0.2, 0.25) is 5.91 Å². The summed E-state index contributed by atoms with van der Waals surface area (Å²) >= 11 is 0. The van der Waals surface area contributed by atoms with Crippen LogP contribution in [0.25, 0.3) is 0 Å². The van der Waals surface area contributed by atoms with E-state index in [-0.39, 0.29) is 23.7 Å². The number of esters is 1. The minimum Gasteiger partial charge on any atom is -0.469 e. The zero-order valence-corrected chi connectivity index (χ0v) is 18.9. The van der Waals surface area contributed by atoms with Gasteiger partial charge in [-0.15, -0.1) is 0 Å². The molecule has 7 nitrogen and oxygen atoms in total. The molecule has 1 aromatic rings. The topological polar surface area (TPSA) is 83.0 Å². The maximum Gasteiger partial charge on any atom is 0.308 e. The van der Waals surface area contributed by atoms with Crippen molar-refractivity contribution in [2.24, 2.45) is 16.8 Å². The van der Waals surface area contributed by atoms with E-state index in [9.17, 15) is 9.59 Å². The molecule has 0 unspecified atom stereocenters. The fraction of sp³-hybridized carbons (Fsp3) is 0.625. The highest BCUT2D eigenvalue weighted by Gasteiger charge is 2.27. The summed E-state index contributed by atoms with van der Waals surface area (Å²) in [5.41, 5.74) is 1.90. The van der Waals surface area contributed by atoms with Crippen LogP contribution in [0.3, 0.4) is 0 Å². The van der Waals surface area contributed by atoms with E-state index in [4.69, 9.17) is 9.73 Å². The molecule has 1 aromatic carbocycles. The van der Waals surface area contributed by atoms with Gasteiger partial charge >= 0.3 is 5.97 Å². The first-order chi connectivity index (χ1) is 15.1. The van der Waals surface area contributed by atoms with Crippen molar-refractivity contribution in [2.45, 2.75) is 58.4 Å². The quantitative estimate of drug-likeness (QED) is 0.411. The first-order valence-electron chi connectivity index (χ1n) is 11.6. The molecule has 0 bridgehead atoms. The Balaban J connectivity index is 1.58. The van der Waals surface area contributed by atoms with E-state index in [1.54, 1.807) is 0 Å². The molecule has 1 heterocycles. The summed E-state index contributed by atoms with van der Waals surface area (Å²) in [6.07, 6.45) is 7.09. The summed E-state index contributed by atoms with van der Waals surface area (Å²) in [4.78, 5) is 31.3. The van der Waals surface area contributed by atoms with Crippen LogP contribution in [0.5, 0.6) is 0 Å². The standard InChI is InChI=1S/C24H36N4O3/c1-3-25-24(28-14-12-20(13-15-28)23(30)31-2)26-17-18-8-7-11-21(16-18)27-22(29)19-9-5-4-6-10-19/h7-8,11,16,19-20H,3-6,9-10,12-15,17H2,1-2H3,(H,25,26)(H,27,29). The van der Waals surface area contributed by atoms with Gasteiger partial charge in [-0.1, -0.05) is 31.4 Å². The second-order valence-electron chi connectivity index (χ2n) is 8.48. The Hall–Kier alpha value is -2.57. The lowest BCUT2D eigenvalue weighted by atomic mass is 9.88. The number of hydrogen-bond donors (Lipinski definition) is 2. The molecule has 1 saturated heterocycles. The third-order valence-electron chi connectivity index (χ3n) is 6.25. The summed E-state index contributed by atoms with van der Waals surface area (Å²) in [7, 11) is 1.45. The van der Waals surface area contributed by atoms with Crippen molar-refractivity contribution >= 4 is 23.5 Å². The van der Waals surface area contributed by atoms with Gasteiger partial charge in [0.15, 0.2) is 5.96 Å². The molecule has 170 valence electrons. The highest BCUT2D eigenvalue weighted by molar-refractivity contribution is 5.92. The van der Waals surface area contributed by atoms with Gasteiger partial charge < -0.3 is 20.3 Å². The van der Waals surface area contributed by atoms with Crippen molar-refractivity contribution in [2.75, 3.05) is 32.1 Å². The van der Waals surface area contributed by atoms with E-state index in [1.807, 2.05) is 24.3 Å². The van der Waals surface area contributed by atoms with Gasteiger partial charge in [0.25, 0.3) is 0 Å². The SMILES string of the molecule is CCNC(=NCc1cccc(NC(=O)C2CCCCC2)c1)N1CCC(C(=O)OC)CC1. The average molecular weight is 429 g/mol. The summed E-state index contributed by atoms with van der Waals surface area (Å²) < 4.78 is 4.88. The van der Waals surface area contributed by atoms with Crippen LogP contribution in [0.4, 0.5) is 5.69 Å². The van der Waals surface area contributed by atoms with Crippen molar-refractivity contribution in [3.8, 4) is 0 Å². The smallest absolute Gasteiger partial charge is 0.308 e. The third kappa shape index (κ3) is 6.71. The summed E-state index contributed by atoms with van der Waals surface area (Å²) in [6.45, 7) is 4.93. The summed E-state index contributed by atoms with van der Waals surface area (Å²) in [5, 5.41) is 6.45. The van der Waals surface area contributed by atoms with Crippen LogP contribution in [0, 0.1) is 11.8 Å². The van der Waals surface area contributed by atoms with Gasteiger partial charge in [-0.05, 0) is 50.3 Å². The lowest BCUT2D eigenvalue weighted by Crippen LogP contribution is -2.46. The Morgan fingerprint density at radius 3 is 2.52 bits per heavy atom. The fourth-order valence-corrected chi connectivity index (χ4v) is 4.44. The zero-order chi connectivity index (χ0) is 22.1. The number of nitrogens with one attached hydrogen (secondary N) is 2. The molecule has 2 fully saturated rings. The number of anilines is 1. The van der Waals surface area contributed by atoms with Gasteiger partial charge in [0.1, 0.15) is 0 Å². The molecule has 31 heavy (non-hydrogen) atoms. The minimum absolute atomic E-state index is 0.0198. The van der Waals surface area contributed by atoms with Crippen LogP contribution in [0.2, 0.25) is 0 Å². The Labute approximate surface area is 185 Å². The predicted molar refractivity (Wildman–Crippen MR) is 123 cm³/mol. The molecule has 0 aromatic heterocycles. The molecule has 0 spiro atoms. The molecular weight excluding hydrogens is 392 g/mol. The Morgan fingerprint density at radius 2 is 1.84 bits per heavy atom. The normalized spacial score (nSPS) is 18.5. The number of aliphatic imine (C=N–C) groups is 1. The number of hydrogen-bond acceptors (Lipinski definition) is 4. The number of carbonyl (C=O) groups excluding carboxylic acids is 2. The molecule has 0 atom stereocenters. The third-order valence-corrected chi connectivity index (χ3v) is 6.25. The van der Waals surface area contributed by atoms with Crippen molar-refractivity contribution < 1.29 is 14.3 Å². The maximum atomic E-state index is 12.5. The highest BCUT2D eigenvalue weighted by Crippen LogP contribution is 2.25. The maximum absolute atomic E-state index is 12.5. The van der Waals surface area contributed by atoms with Crippen LogP contribution >= 0.6 is 0 Å². The van der Waals surface area contributed by atoms with Gasteiger partial charge in [-0.2, -0.15) is 0 Å². The number of likely N-dealkylation sites (tertiary alicyclic amines) is 1. The molecule has 3 rings (SSSR count). The molecule has 1 aliphatic heterocycles. The molecule has 2 aliphatic rings. The predicted octanol–water partition coefficient (Wildman–Crippen LogP) is 3.56.